The van der Waals surface area contributed by atoms with Crippen molar-refractivity contribution in [3.63, 3.8) is 0 Å². The number of carbonyl (C=O) groups is 6. The van der Waals surface area contributed by atoms with Crippen LogP contribution < -0.4 is 10.7 Å². The average molecular weight is 409 g/mol. The molecule has 0 unspecified atom stereocenters. The van der Waals surface area contributed by atoms with Crippen LogP contribution in [0, 0.1) is 5.92 Å². The van der Waals surface area contributed by atoms with E-state index in [1.54, 1.807) is 0 Å². The fourth-order valence-electron chi connectivity index (χ4n) is 3.39. The molecule has 5 amide bonds. The van der Waals surface area contributed by atoms with E-state index in [4.69, 9.17) is 5.11 Å². The molecule has 0 spiro atoms. The van der Waals surface area contributed by atoms with Gasteiger partial charge in [0.05, 0.1) is 19.0 Å². The summed E-state index contributed by atoms with van der Waals surface area (Å²) in [6, 6.07) is -3.07. The Morgan fingerprint density at radius 2 is 1.86 bits per heavy atom. The smallest absolute Gasteiger partial charge is 0.358 e. The molecule has 2 aliphatic heterocycles. The summed E-state index contributed by atoms with van der Waals surface area (Å²) in [5, 5.41) is 14.4. The molecular weight excluding hydrogens is 386 g/mol. The van der Waals surface area contributed by atoms with Gasteiger partial charge in [0, 0.05) is 18.9 Å². The van der Waals surface area contributed by atoms with Crippen LogP contribution in [0.5, 0.6) is 0 Å². The molecule has 12 nitrogen and oxygen atoms in total. The molecule has 0 bridgehead atoms. The van der Waals surface area contributed by atoms with E-state index in [2.05, 4.69) is 10.7 Å². The maximum atomic E-state index is 13.1. The number of rotatable bonds is 7. The highest BCUT2D eigenvalue weighted by Crippen LogP contribution is 2.29. The average Bonchev–Trinajstić information content (AvgIpc) is 3.54. The Kier molecular flexibility index (Phi) is 5.99. The van der Waals surface area contributed by atoms with Crippen molar-refractivity contribution in [3.05, 3.63) is 0 Å². The lowest BCUT2D eigenvalue weighted by Gasteiger charge is -2.42. The molecule has 3 rings (SSSR count). The lowest BCUT2D eigenvalue weighted by Crippen LogP contribution is -2.64. The predicted octanol–water partition coefficient (Wildman–Crippen LogP) is -1.38. The molecule has 3 fully saturated rings. The number of aliphatic carboxylic acids is 1. The first-order valence-electron chi connectivity index (χ1n) is 9.50. The van der Waals surface area contributed by atoms with E-state index >= 15 is 0 Å². The normalized spacial score (nSPS) is 23.0. The number of nitrogens with one attached hydrogen (secondary N) is 2. The molecule has 0 aromatic rings. The Balaban J connectivity index is 1.78. The Hall–Kier alpha value is -3.18. The minimum atomic E-state index is -1.26. The summed E-state index contributed by atoms with van der Waals surface area (Å²) in [4.78, 5) is 72.2. The quantitative estimate of drug-likeness (QED) is 0.437. The Bertz CT molecular complexity index is 738. The third-order valence-electron chi connectivity index (χ3n) is 5.05. The molecule has 29 heavy (non-hydrogen) atoms. The molecule has 0 aromatic heterocycles. The van der Waals surface area contributed by atoms with Crippen molar-refractivity contribution in [1.82, 2.24) is 25.8 Å². The zero-order valence-corrected chi connectivity index (χ0v) is 15.7. The highest BCUT2D eigenvalue weighted by atomic mass is 16.4. The first-order chi connectivity index (χ1) is 13.8. The zero-order valence-electron chi connectivity index (χ0n) is 15.7. The van der Waals surface area contributed by atoms with Gasteiger partial charge < -0.3 is 15.2 Å². The molecule has 0 radical (unpaired) electrons. The Labute approximate surface area is 166 Å². The first kappa shape index (κ1) is 20.6. The zero-order chi connectivity index (χ0) is 21.1. The van der Waals surface area contributed by atoms with Gasteiger partial charge in [0.1, 0.15) is 12.3 Å². The number of amides is 5. The number of hydrogen-bond acceptors (Lipinski definition) is 6. The summed E-state index contributed by atoms with van der Waals surface area (Å²) < 4.78 is 0. The summed E-state index contributed by atoms with van der Waals surface area (Å²) >= 11 is 0. The van der Waals surface area contributed by atoms with Gasteiger partial charge in [0.15, 0.2) is 0 Å². The number of fused-ring (bicyclic) bond motifs is 1. The van der Waals surface area contributed by atoms with E-state index in [1.807, 2.05) is 0 Å². The van der Waals surface area contributed by atoms with Crippen LogP contribution in [0.3, 0.4) is 0 Å². The summed E-state index contributed by atoms with van der Waals surface area (Å²) in [6.07, 6.45) is 1.86. The van der Waals surface area contributed by atoms with Crippen LogP contribution in [0.1, 0.15) is 38.5 Å². The number of hydrogen-bond donors (Lipinski definition) is 3. The largest absolute Gasteiger partial charge is 0.481 e. The molecule has 0 aromatic carbocycles. The van der Waals surface area contributed by atoms with Crippen molar-refractivity contribution in [1.29, 1.82) is 0 Å². The number of carbonyl (C=O) groups excluding carboxylic acids is 5. The van der Waals surface area contributed by atoms with Crippen molar-refractivity contribution < 1.29 is 33.9 Å². The van der Waals surface area contributed by atoms with Gasteiger partial charge in [-0.1, -0.05) is 0 Å². The number of carboxylic acids is 1. The lowest BCUT2D eigenvalue weighted by molar-refractivity contribution is -0.155. The predicted molar refractivity (Wildman–Crippen MR) is 94.4 cm³/mol. The van der Waals surface area contributed by atoms with Crippen LogP contribution in [0.2, 0.25) is 0 Å². The maximum absolute atomic E-state index is 13.1. The number of carboxylic acid groups (broad SMARTS) is 1. The molecule has 158 valence electrons. The number of aldehydes is 1. The van der Waals surface area contributed by atoms with Crippen molar-refractivity contribution in [2.75, 3.05) is 13.1 Å². The second-order valence-electron chi connectivity index (χ2n) is 7.30. The van der Waals surface area contributed by atoms with Crippen LogP contribution >= 0.6 is 0 Å². The Morgan fingerprint density at radius 1 is 1.14 bits per heavy atom. The fourth-order valence-corrected chi connectivity index (χ4v) is 3.39. The standard InChI is InChI=1S/C17H23N5O7/c23-9-11(8-14(25)26)18-16(28)12-2-1-6-21-13(24)5-7-20(17(29)22(12)21)19-15(27)10-3-4-10/h9-12H,1-8H2,(H,18,28)(H,19,27)(H,25,26)/t11-,12-/m0/s1. The SMILES string of the molecule is O=C[C@H](CC(=O)O)NC(=O)[C@@H]1CCCN2C(=O)CCN(NC(=O)C3CC3)C(=O)N12. The topological polar surface area (TPSA) is 156 Å². The highest BCUT2D eigenvalue weighted by molar-refractivity contribution is 5.93. The summed E-state index contributed by atoms with van der Waals surface area (Å²) in [6.45, 7) is 0.221. The molecular formula is C17H23N5O7. The van der Waals surface area contributed by atoms with Crippen molar-refractivity contribution >= 4 is 36.0 Å². The van der Waals surface area contributed by atoms with Crippen LogP contribution in [0.4, 0.5) is 4.79 Å². The van der Waals surface area contributed by atoms with Crippen molar-refractivity contribution in [2.45, 2.75) is 50.6 Å². The second kappa shape index (κ2) is 8.45. The van der Waals surface area contributed by atoms with Crippen LogP contribution in [0.25, 0.3) is 0 Å². The van der Waals surface area contributed by atoms with Crippen molar-refractivity contribution in [3.8, 4) is 0 Å². The minimum absolute atomic E-state index is 0.0164. The molecule has 2 heterocycles. The Morgan fingerprint density at radius 3 is 2.48 bits per heavy atom. The minimum Gasteiger partial charge on any atom is -0.481 e. The molecule has 3 aliphatic rings. The molecule has 3 N–H and O–H groups in total. The molecule has 2 saturated heterocycles. The first-order valence-corrected chi connectivity index (χ1v) is 9.50. The number of urea groups is 1. The van der Waals surface area contributed by atoms with Crippen LogP contribution in [-0.4, -0.2) is 81.3 Å². The van der Waals surface area contributed by atoms with Crippen molar-refractivity contribution in [2.24, 2.45) is 5.92 Å². The fraction of sp³-hybridized carbons (Fsp3) is 0.647. The molecule has 1 aliphatic carbocycles. The van der Waals surface area contributed by atoms with Crippen LogP contribution in [-0.2, 0) is 24.0 Å². The summed E-state index contributed by atoms with van der Waals surface area (Å²) in [5.41, 5.74) is 2.52. The monoisotopic (exact) mass is 409 g/mol. The van der Waals surface area contributed by atoms with Crippen LogP contribution in [0.15, 0.2) is 0 Å². The van der Waals surface area contributed by atoms with Gasteiger partial charge in [-0.3, -0.25) is 24.6 Å². The van der Waals surface area contributed by atoms with E-state index in [9.17, 15) is 28.8 Å². The third-order valence-corrected chi connectivity index (χ3v) is 5.05. The molecule has 12 heteroatoms. The highest BCUT2D eigenvalue weighted by Gasteiger charge is 2.45. The van der Waals surface area contributed by atoms with Gasteiger partial charge in [-0.15, -0.1) is 0 Å². The molecule has 1 saturated carbocycles. The van der Waals surface area contributed by atoms with Gasteiger partial charge >= 0.3 is 12.0 Å². The van der Waals surface area contributed by atoms with E-state index in [0.29, 0.717) is 12.7 Å². The van der Waals surface area contributed by atoms with E-state index in [-0.39, 0.29) is 43.7 Å². The summed E-state index contributed by atoms with van der Waals surface area (Å²) in [7, 11) is 0. The van der Waals surface area contributed by atoms with E-state index in [0.717, 1.165) is 22.9 Å². The summed E-state index contributed by atoms with van der Waals surface area (Å²) in [5.74, 6) is -2.81. The van der Waals surface area contributed by atoms with Gasteiger partial charge in [0.2, 0.25) is 17.7 Å². The third kappa shape index (κ3) is 4.63. The number of nitrogens with zero attached hydrogens (tertiary/aromatic N) is 3. The second-order valence-corrected chi connectivity index (χ2v) is 7.30. The van der Waals surface area contributed by atoms with Gasteiger partial charge in [-0.25, -0.2) is 19.8 Å². The maximum Gasteiger partial charge on any atom is 0.358 e. The lowest BCUT2D eigenvalue weighted by atomic mass is 10.1. The number of hydrazine groups is 2. The van der Waals surface area contributed by atoms with E-state index in [1.165, 1.54) is 5.01 Å². The van der Waals surface area contributed by atoms with E-state index < -0.39 is 36.4 Å². The van der Waals surface area contributed by atoms with Gasteiger partial charge in [-0.2, -0.15) is 0 Å². The van der Waals surface area contributed by atoms with Gasteiger partial charge in [-0.05, 0) is 25.7 Å². The van der Waals surface area contributed by atoms with Gasteiger partial charge in [0.25, 0.3) is 0 Å². The molecule has 2 atom stereocenters.